The summed E-state index contributed by atoms with van der Waals surface area (Å²) < 4.78 is 0. The van der Waals surface area contributed by atoms with Crippen molar-refractivity contribution in [2.24, 2.45) is 11.8 Å². The Hall–Kier alpha value is -0.860. The van der Waals surface area contributed by atoms with Crippen molar-refractivity contribution in [1.82, 2.24) is 4.90 Å². The van der Waals surface area contributed by atoms with Gasteiger partial charge in [0, 0.05) is 18.6 Å². The quantitative estimate of drug-likeness (QED) is 0.838. The molecule has 0 spiro atoms. The Morgan fingerprint density at radius 1 is 1.05 bits per heavy atom. The summed E-state index contributed by atoms with van der Waals surface area (Å²) in [5.41, 5.74) is 0.780. The summed E-state index contributed by atoms with van der Waals surface area (Å²) >= 11 is 0. The zero-order chi connectivity index (χ0) is 13.7. The Bertz CT molecular complexity index is 434. The first-order valence-corrected chi connectivity index (χ1v) is 7.41. The fourth-order valence-electron chi connectivity index (χ4n) is 3.88. The molecule has 2 aliphatic rings. The summed E-state index contributed by atoms with van der Waals surface area (Å²) in [6.45, 7) is 9.15. The average molecular weight is 259 g/mol. The van der Waals surface area contributed by atoms with Gasteiger partial charge in [0.05, 0.1) is 5.60 Å². The van der Waals surface area contributed by atoms with Gasteiger partial charge in [-0.15, -0.1) is 0 Å². The number of hydrogen-bond acceptors (Lipinski definition) is 2. The van der Waals surface area contributed by atoms with Crippen LogP contribution < -0.4 is 0 Å². The second-order valence-corrected chi connectivity index (χ2v) is 7.40. The van der Waals surface area contributed by atoms with E-state index in [-0.39, 0.29) is 5.54 Å². The van der Waals surface area contributed by atoms with Gasteiger partial charge in [0.2, 0.25) is 0 Å². The van der Waals surface area contributed by atoms with Gasteiger partial charge in [-0.3, -0.25) is 4.90 Å². The average Bonchev–Trinajstić information content (AvgIpc) is 2.85. The molecule has 0 bridgehead atoms. The van der Waals surface area contributed by atoms with Crippen molar-refractivity contribution in [3.05, 3.63) is 35.9 Å². The highest BCUT2D eigenvalue weighted by molar-refractivity contribution is 5.25. The molecule has 1 N–H and O–H groups in total. The van der Waals surface area contributed by atoms with E-state index >= 15 is 0 Å². The van der Waals surface area contributed by atoms with Crippen molar-refractivity contribution in [2.45, 2.75) is 44.8 Å². The Kier molecular flexibility index (Phi) is 2.99. The molecule has 19 heavy (non-hydrogen) atoms. The maximum Gasteiger partial charge on any atom is 0.0903 e. The van der Waals surface area contributed by atoms with Gasteiger partial charge < -0.3 is 5.11 Å². The topological polar surface area (TPSA) is 23.5 Å². The maximum absolute atomic E-state index is 10.9. The Morgan fingerprint density at radius 3 is 2.05 bits per heavy atom. The second kappa shape index (κ2) is 4.32. The molecule has 3 rings (SSSR count). The lowest BCUT2D eigenvalue weighted by molar-refractivity contribution is 0.0262. The highest BCUT2D eigenvalue weighted by Crippen LogP contribution is 2.49. The number of nitrogens with zero attached hydrogens (tertiary/aromatic N) is 1. The van der Waals surface area contributed by atoms with Crippen LogP contribution in [0.15, 0.2) is 30.3 Å². The van der Waals surface area contributed by atoms with Crippen LogP contribution in [0.1, 0.15) is 39.2 Å². The first-order valence-electron chi connectivity index (χ1n) is 7.41. The fourth-order valence-corrected chi connectivity index (χ4v) is 3.88. The van der Waals surface area contributed by atoms with Crippen LogP contribution in [0.2, 0.25) is 0 Å². The van der Waals surface area contributed by atoms with E-state index in [0.29, 0.717) is 11.8 Å². The Balaban J connectivity index is 1.75. The molecular formula is C17H25NO. The van der Waals surface area contributed by atoms with Gasteiger partial charge in [0.1, 0.15) is 0 Å². The summed E-state index contributed by atoms with van der Waals surface area (Å²) in [5.74, 6) is 1.31. The third-order valence-electron chi connectivity index (χ3n) is 5.04. The van der Waals surface area contributed by atoms with Crippen molar-refractivity contribution in [3.8, 4) is 0 Å². The number of rotatable bonds is 1. The monoisotopic (exact) mass is 259 g/mol. The Labute approximate surface area is 116 Å². The molecule has 2 nitrogen and oxygen atoms in total. The Morgan fingerprint density at radius 2 is 1.58 bits per heavy atom. The van der Waals surface area contributed by atoms with Gasteiger partial charge in [0.25, 0.3) is 0 Å². The summed E-state index contributed by atoms with van der Waals surface area (Å²) in [7, 11) is 0. The molecule has 1 unspecified atom stereocenters. The van der Waals surface area contributed by atoms with E-state index in [4.69, 9.17) is 0 Å². The summed E-state index contributed by atoms with van der Waals surface area (Å²) in [4.78, 5) is 2.58. The van der Waals surface area contributed by atoms with E-state index in [1.807, 2.05) is 18.2 Å². The van der Waals surface area contributed by atoms with E-state index in [2.05, 4.69) is 37.8 Å². The lowest BCUT2D eigenvalue weighted by Gasteiger charge is -2.34. The molecule has 1 saturated carbocycles. The second-order valence-electron chi connectivity index (χ2n) is 7.40. The fraction of sp³-hybridized carbons (Fsp3) is 0.647. The van der Waals surface area contributed by atoms with Gasteiger partial charge in [0.15, 0.2) is 0 Å². The number of hydrogen-bond donors (Lipinski definition) is 1. The molecule has 0 amide bonds. The third kappa shape index (κ3) is 2.32. The van der Waals surface area contributed by atoms with Crippen LogP contribution >= 0.6 is 0 Å². The molecule has 1 aliphatic carbocycles. The SMILES string of the molecule is CC(C)(C)N1C[C@@H]2CC(O)(c3ccccc3)C[C@@H]2C1. The van der Waals surface area contributed by atoms with Crippen molar-refractivity contribution in [1.29, 1.82) is 0 Å². The van der Waals surface area contributed by atoms with Crippen LogP contribution in [-0.4, -0.2) is 28.6 Å². The number of benzene rings is 1. The molecule has 1 saturated heterocycles. The van der Waals surface area contributed by atoms with Crippen molar-refractivity contribution in [2.75, 3.05) is 13.1 Å². The van der Waals surface area contributed by atoms with Crippen LogP contribution in [0.3, 0.4) is 0 Å². The molecule has 3 atom stereocenters. The van der Waals surface area contributed by atoms with E-state index in [0.717, 1.165) is 31.5 Å². The molecule has 104 valence electrons. The number of aliphatic hydroxyl groups is 1. The van der Waals surface area contributed by atoms with Crippen molar-refractivity contribution in [3.63, 3.8) is 0 Å². The highest BCUT2D eigenvalue weighted by Gasteiger charge is 2.50. The lowest BCUT2D eigenvalue weighted by Crippen LogP contribution is -2.41. The van der Waals surface area contributed by atoms with Crippen LogP contribution in [0, 0.1) is 11.8 Å². The zero-order valence-electron chi connectivity index (χ0n) is 12.3. The molecule has 2 fully saturated rings. The van der Waals surface area contributed by atoms with Crippen LogP contribution in [-0.2, 0) is 5.60 Å². The minimum Gasteiger partial charge on any atom is -0.385 e. The number of likely N-dealkylation sites (tertiary alicyclic amines) is 1. The van der Waals surface area contributed by atoms with Crippen molar-refractivity contribution >= 4 is 0 Å². The molecule has 2 heteroatoms. The van der Waals surface area contributed by atoms with Gasteiger partial charge in [-0.1, -0.05) is 30.3 Å². The van der Waals surface area contributed by atoms with Crippen LogP contribution in [0.5, 0.6) is 0 Å². The predicted octanol–water partition coefficient (Wildman–Crippen LogP) is 3.01. The first-order chi connectivity index (χ1) is 8.88. The van der Waals surface area contributed by atoms with Crippen LogP contribution in [0.4, 0.5) is 0 Å². The lowest BCUT2D eigenvalue weighted by atomic mass is 9.90. The molecular weight excluding hydrogens is 234 g/mol. The molecule has 1 aromatic rings. The van der Waals surface area contributed by atoms with E-state index in [9.17, 15) is 5.11 Å². The largest absolute Gasteiger partial charge is 0.385 e. The molecule has 0 aromatic heterocycles. The smallest absolute Gasteiger partial charge is 0.0903 e. The van der Waals surface area contributed by atoms with Gasteiger partial charge in [-0.2, -0.15) is 0 Å². The summed E-state index contributed by atoms with van der Waals surface area (Å²) in [6, 6.07) is 10.2. The minimum absolute atomic E-state index is 0.259. The van der Waals surface area contributed by atoms with E-state index in [1.54, 1.807) is 0 Å². The molecule has 1 aromatic carbocycles. The molecule has 0 radical (unpaired) electrons. The summed E-state index contributed by atoms with van der Waals surface area (Å²) in [5, 5.41) is 10.9. The standard InChI is InChI=1S/C17H25NO/c1-16(2,3)18-11-13-9-17(19,10-14(13)12-18)15-7-5-4-6-8-15/h4-8,13-14,19H,9-12H2,1-3H3/t13-,14+,17?. The zero-order valence-corrected chi connectivity index (χ0v) is 12.3. The van der Waals surface area contributed by atoms with Gasteiger partial charge >= 0.3 is 0 Å². The van der Waals surface area contributed by atoms with Gasteiger partial charge in [-0.05, 0) is 51.0 Å². The molecule has 1 heterocycles. The molecule has 1 aliphatic heterocycles. The predicted molar refractivity (Wildman–Crippen MR) is 77.9 cm³/mol. The minimum atomic E-state index is -0.583. The van der Waals surface area contributed by atoms with Crippen molar-refractivity contribution < 1.29 is 5.11 Å². The van der Waals surface area contributed by atoms with E-state index in [1.165, 1.54) is 0 Å². The number of fused-ring (bicyclic) bond motifs is 1. The van der Waals surface area contributed by atoms with Gasteiger partial charge in [-0.25, -0.2) is 0 Å². The first kappa shape index (κ1) is 13.1. The normalized spacial score (nSPS) is 35.6. The third-order valence-corrected chi connectivity index (χ3v) is 5.04. The maximum atomic E-state index is 10.9. The van der Waals surface area contributed by atoms with Crippen LogP contribution in [0.25, 0.3) is 0 Å². The van der Waals surface area contributed by atoms with E-state index < -0.39 is 5.60 Å². The summed E-state index contributed by atoms with van der Waals surface area (Å²) in [6.07, 6.45) is 1.85. The highest BCUT2D eigenvalue weighted by atomic mass is 16.3.